The molecule has 2 aromatic heterocycles. The van der Waals surface area contributed by atoms with E-state index in [4.69, 9.17) is 4.74 Å². The number of ether oxygens (including phenoxy) is 1. The molecule has 1 aliphatic heterocycles. The Labute approximate surface area is 176 Å². The lowest BCUT2D eigenvalue weighted by molar-refractivity contribution is -0.154. The second kappa shape index (κ2) is 8.14. The van der Waals surface area contributed by atoms with Crippen molar-refractivity contribution in [2.24, 2.45) is 0 Å². The highest BCUT2D eigenvalue weighted by molar-refractivity contribution is 6.02. The number of fused-ring (bicyclic) bond motifs is 1. The number of pyridine rings is 2. The van der Waals surface area contributed by atoms with Crippen molar-refractivity contribution in [1.29, 1.82) is 0 Å². The smallest absolute Gasteiger partial charge is 0.422 e. The van der Waals surface area contributed by atoms with Crippen LogP contribution in [0, 0.1) is 6.92 Å². The van der Waals surface area contributed by atoms with Crippen LogP contribution in [0.25, 0.3) is 0 Å². The second-order valence-electron chi connectivity index (χ2n) is 7.73. The van der Waals surface area contributed by atoms with E-state index in [0.29, 0.717) is 22.3 Å². The van der Waals surface area contributed by atoms with E-state index < -0.39 is 24.3 Å². The quantitative estimate of drug-likeness (QED) is 0.719. The Hall–Kier alpha value is -3.21. The second-order valence-corrected chi connectivity index (χ2v) is 7.73. The monoisotopic (exact) mass is 438 g/mol. The van der Waals surface area contributed by atoms with Gasteiger partial charge in [0.15, 0.2) is 6.61 Å². The van der Waals surface area contributed by atoms with Crippen LogP contribution in [-0.4, -0.2) is 50.2 Å². The van der Waals surface area contributed by atoms with Crippen LogP contribution in [0.2, 0.25) is 0 Å². The van der Waals surface area contributed by atoms with Gasteiger partial charge in [-0.3, -0.25) is 9.59 Å². The van der Waals surface area contributed by atoms with Crippen molar-refractivity contribution < 1.29 is 32.6 Å². The summed E-state index contributed by atoms with van der Waals surface area (Å²) in [7, 11) is 0. The van der Waals surface area contributed by atoms with E-state index in [0.717, 1.165) is 0 Å². The SMILES string of the molecule is Cc1cc(CN2Cc3c(ccnc3NC(=O)C(C)(C)O)C2=O)cnc1OCC(F)(F)F. The number of alkyl halides is 3. The number of nitrogens with zero attached hydrogens (tertiary/aromatic N) is 3. The molecule has 8 nitrogen and oxygen atoms in total. The summed E-state index contributed by atoms with van der Waals surface area (Å²) in [4.78, 5) is 34.4. The first kappa shape index (κ1) is 22.5. The van der Waals surface area contributed by atoms with Crippen LogP contribution in [0.4, 0.5) is 19.0 Å². The van der Waals surface area contributed by atoms with Crippen LogP contribution in [-0.2, 0) is 17.9 Å². The number of amides is 2. The van der Waals surface area contributed by atoms with Gasteiger partial charge in [-0.05, 0) is 38.5 Å². The van der Waals surface area contributed by atoms with Crippen molar-refractivity contribution in [2.45, 2.75) is 45.6 Å². The van der Waals surface area contributed by atoms with Crippen molar-refractivity contribution >= 4 is 17.6 Å². The summed E-state index contributed by atoms with van der Waals surface area (Å²) in [6, 6.07) is 3.14. The molecule has 31 heavy (non-hydrogen) atoms. The van der Waals surface area contributed by atoms with E-state index in [1.54, 1.807) is 13.0 Å². The third-order valence-electron chi connectivity index (χ3n) is 4.54. The highest BCUT2D eigenvalue weighted by Crippen LogP contribution is 2.30. The molecule has 0 atom stereocenters. The molecule has 3 rings (SSSR count). The van der Waals surface area contributed by atoms with Gasteiger partial charge in [0.25, 0.3) is 11.8 Å². The Morgan fingerprint density at radius 2 is 2.03 bits per heavy atom. The lowest BCUT2D eigenvalue weighted by Gasteiger charge is -2.18. The van der Waals surface area contributed by atoms with Crippen molar-refractivity contribution in [3.63, 3.8) is 0 Å². The molecule has 0 unspecified atom stereocenters. The minimum Gasteiger partial charge on any atom is -0.468 e. The maximum Gasteiger partial charge on any atom is 0.422 e. The number of aliphatic hydroxyl groups is 1. The van der Waals surface area contributed by atoms with Gasteiger partial charge >= 0.3 is 6.18 Å². The van der Waals surface area contributed by atoms with Gasteiger partial charge in [0.1, 0.15) is 11.4 Å². The van der Waals surface area contributed by atoms with E-state index in [1.165, 1.54) is 37.2 Å². The number of hydrogen-bond acceptors (Lipinski definition) is 6. The molecule has 2 amide bonds. The van der Waals surface area contributed by atoms with E-state index in [9.17, 15) is 27.9 Å². The third kappa shape index (κ3) is 5.29. The first-order valence-corrected chi connectivity index (χ1v) is 9.31. The molecule has 0 saturated heterocycles. The summed E-state index contributed by atoms with van der Waals surface area (Å²) in [6.07, 6.45) is -1.73. The van der Waals surface area contributed by atoms with Crippen molar-refractivity contribution in [2.75, 3.05) is 11.9 Å². The average Bonchev–Trinajstić information content (AvgIpc) is 2.96. The maximum atomic E-state index is 12.8. The largest absolute Gasteiger partial charge is 0.468 e. The fourth-order valence-corrected chi connectivity index (χ4v) is 3.01. The number of carbonyl (C=O) groups is 2. The minimum absolute atomic E-state index is 0.127. The number of anilines is 1. The lowest BCUT2D eigenvalue weighted by atomic mass is 10.1. The number of aryl methyl sites for hydroxylation is 1. The molecule has 2 aromatic rings. The standard InChI is InChI=1S/C20H21F3N4O4/c1-11-6-12(7-25-16(11)31-10-20(21,22)23)8-27-9-14-13(17(27)28)4-5-24-15(14)26-18(29)19(2,3)30/h4-7,30H,8-10H2,1-3H3,(H,24,26,29). The van der Waals surface area contributed by atoms with Gasteiger partial charge in [0.05, 0.1) is 6.54 Å². The van der Waals surface area contributed by atoms with Crippen LogP contribution in [0.1, 0.15) is 40.9 Å². The molecule has 0 fully saturated rings. The van der Waals surface area contributed by atoms with E-state index in [-0.39, 0.29) is 30.7 Å². The molecular weight excluding hydrogens is 417 g/mol. The zero-order valence-corrected chi connectivity index (χ0v) is 17.1. The first-order chi connectivity index (χ1) is 14.3. The van der Waals surface area contributed by atoms with Crippen LogP contribution >= 0.6 is 0 Å². The Bertz CT molecular complexity index is 1020. The van der Waals surface area contributed by atoms with Gasteiger partial charge in [0.2, 0.25) is 5.88 Å². The molecule has 166 valence electrons. The molecule has 11 heteroatoms. The fraction of sp³-hybridized carbons (Fsp3) is 0.400. The fourth-order valence-electron chi connectivity index (χ4n) is 3.01. The number of aromatic nitrogens is 2. The molecule has 0 spiro atoms. The van der Waals surface area contributed by atoms with E-state index in [1.807, 2.05) is 0 Å². The first-order valence-electron chi connectivity index (χ1n) is 9.31. The minimum atomic E-state index is -4.47. The van der Waals surface area contributed by atoms with Gasteiger partial charge in [0, 0.05) is 35.6 Å². The van der Waals surface area contributed by atoms with Crippen molar-refractivity contribution in [1.82, 2.24) is 14.9 Å². The maximum absolute atomic E-state index is 12.8. The number of halogens is 3. The van der Waals surface area contributed by atoms with Crippen LogP contribution < -0.4 is 10.1 Å². The lowest BCUT2D eigenvalue weighted by Crippen LogP contribution is -2.37. The van der Waals surface area contributed by atoms with Crippen molar-refractivity contribution in [3.8, 4) is 5.88 Å². The van der Waals surface area contributed by atoms with Gasteiger partial charge in [-0.1, -0.05) is 0 Å². The number of hydrogen-bond donors (Lipinski definition) is 2. The molecule has 0 bridgehead atoms. The molecule has 0 saturated carbocycles. The Morgan fingerprint density at radius 1 is 1.32 bits per heavy atom. The summed E-state index contributed by atoms with van der Waals surface area (Å²) in [5.74, 6) is -0.886. The van der Waals surface area contributed by atoms with Crippen LogP contribution in [0.15, 0.2) is 24.5 Å². The summed E-state index contributed by atoms with van der Waals surface area (Å²) in [6.45, 7) is 3.11. The van der Waals surface area contributed by atoms with E-state index in [2.05, 4.69) is 15.3 Å². The van der Waals surface area contributed by atoms with Crippen LogP contribution in [0.3, 0.4) is 0 Å². The highest BCUT2D eigenvalue weighted by atomic mass is 19.4. The number of carbonyl (C=O) groups excluding carboxylic acids is 2. The molecule has 1 aliphatic rings. The Balaban J connectivity index is 1.74. The molecule has 0 radical (unpaired) electrons. The van der Waals surface area contributed by atoms with Gasteiger partial charge in [-0.25, -0.2) is 9.97 Å². The summed E-state index contributed by atoms with van der Waals surface area (Å²) in [5, 5.41) is 12.4. The zero-order valence-electron chi connectivity index (χ0n) is 17.1. The molecular formula is C20H21F3N4O4. The topological polar surface area (TPSA) is 105 Å². The number of nitrogens with one attached hydrogen (secondary N) is 1. The highest BCUT2D eigenvalue weighted by Gasteiger charge is 2.33. The average molecular weight is 438 g/mol. The van der Waals surface area contributed by atoms with Gasteiger partial charge in [-0.15, -0.1) is 0 Å². The molecule has 0 aromatic carbocycles. The summed E-state index contributed by atoms with van der Waals surface area (Å²) < 4.78 is 41.7. The summed E-state index contributed by atoms with van der Waals surface area (Å²) >= 11 is 0. The normalized spacial score (nSPS) is 13.9. The van der Waals surface area contributed by atoms with Crippen LogP contribution in [0.5, 0.6) is 5.88 Å². The zero-order chi connectivity index (χ0) is 23.0. The molecule has 0 aliphatic carbocycles. The molecule has 2 N–H and O–H groups in total. The Morgan fingerprint density at radius 3 is 2.65 bits per heavy atom. The number of rotatable bonds is 6. The van der Waals surface area contributed by atoms with Gasteiger partial charge < -0.3 is 20.1 Å². The van der Waals surface area contributed by atoms with E-state index >= 15 is 0 Å². The summed E-state index contributed by atoms with van der Waals surface area (Å²) in [5.41, 5.74) is 0.278. The predicted octanol–water partition coefficient (Wildman–Crippen LogP) is 2.59. The van der Waals surface area contributed by atoms with Gasteiger partial charge in [-0.2, -0.15) is 13.2 Å². The predicted molar refractivity (Wildman–Crippen MR) is 103 cm³/mol. The molecule has 3 heterocycles. The third-order valence-corrected chi connectivity index (χ3v) is 4.54. The Kier molecular flexibility index (Phi) is 5.90. The van der Waals surface area contributed by atoms with Crippen molar-refractivity contribution in [3.05, 3.63) is 46.8 Å².